The van der Waals surface area contributed by atoms with Gasteiger partial charge in [0.05, 0.1) is 0 Å². The van der Waals surface area contributed by atoms with Crippen molar-refractivity contribution in [2.75, 3.05) is 0 Å². The van der Waals surface area contributed by atoms with Crippen molar-refractivity contribution in [3.63, 3.8) is 0 Å². The van der Waals surface area contributed by atoms with Gasteiger partial charge in [-0.2, -0.15) is 0 Å². The monoisotopic (exact) mass is 1010 g/mol. The van der Waals surface area contributed by atoms with Crippen LogP contribution in [0.5, 0.6) is 0 Å². The summed E-state index contributed by atoms with van der Waals surface area (Å²) in [6.07, 6.45) is 26.6. The van der Waals surface area contributed by atoms with Crippen LogP contribution in [0.4, 0.5) is 0 Å². The Kier molecular flexibility index (Phi) is 13.6. The molecule has 0 aromatic heterocycles. The van der Waals surface area contributed by atoms with Gasteiger partial charge in [0.1, 0.15) is 0 Å². The minimum atomic E-state index is 0.369. The van der Waals surface area contributed by atoms with E-state index in [4.69, 9.17) is 0 Å². The van der Waals surface area contributed by atoms with Crippen molar-refractivity contribution in [3.8, 4) is 22.3 Å². The summed E-state index contributed by atoms with van der Waals surface area (Å²) in [4.78, 5) is 0. The molecule has 0 aliphatic heterocycles. The van der Waals surface area contributed by atoms with Crippen LogP contribution in [0.15, 0.2) is 194 Å². The van der Waals surface area contributed by atoms with E-state index in [-0.39, 0.29) is 0 Å². The topological polar surface area (TPSA) is 0 Å². The quantitative estimate of drug-likeness (QED) is 0.120. The largest absolute Gasteiger partial charge is 0.0622 e. The first-order valence-electron chi connectivity index (χ1n) is 30.0. The highest BCUT2D eigenvalue weighted by molar-refractivity contribution is 5.96. The van der Waals surface area contributed by atoms with Gasteiger partial charge in [-0.25, -0.2) is 0 Å². The van der Waals surface area contributed by atoms with Gasteiger partial charge in [0, 0.05) is 0 Å². The van der Waals surface area contributed by atoms with E-state index in [1.807, 2.05) is 0 Å². The first-order chi connectivity index (χ1) is 38.7. The zero-order chi connectivity index (χ0) is 51.8. The number of hydrogen-bond donors (Lipinski definition) is 0. The molecule has 0 nitrogen and oxygen atoms in total. The molecule has 384 valence electrons. The van der Waals surface area contributed by atoms with Crippen molar-refractivity contribution in [3.05, 3.63) is 294 Å². The van der Waals surface area contributed by atoms with Crippen molar-refractivity contribution in [2.24, 2.45) is 0 Å². The summed E-state index contributed by atoms with van der Waals surface area (Å²) >= 11 is 0. The van der Waals surface area contributed by atoms with Gasteiger partial charge in [-0.3, -0.25) is 0 Å². The summed E-state index contributed by atoms with van der Waals surface area (Å²) < 4.78 is 0. The van der Waals surface area contributed by atoms with E-state index >= 15 is 0 Å². The standard InChI is InChI=1S/C78H72/c1-7-27-53(28-8-1)69(54-29-9-2-10-30-54)49-73-59-39-19-23-43-63(59)77(64-44-24-20-40-60(64)73)67-47-48-68(76-52-72(58-37-17-6-18-38-58)71(51-75(67)76)57-35-15-5-16-36-57)78-65-45-25-21-41-61(65)74(62-42-22-26-46-66(62)78)50-70(55-31-11-3-12-32-55)56-33-13-4-14-34-56/h1-18,27-38,47-50,71-72H,19-26,39-46,51-52H2. The molecule has 9 aromatic carbocycles. The van der Waals surface area contributed by atoms with E-state index in [0.29, 0.717) is 11.8 Å². The fourth-order valence-electron chi connectivity index (χ4n) is 15.5. The van der Waals surface area contributed by atoms with Crippen LogP contribution in [0, 0.1) is 0 Å². The molecule has 0 heteroatoms. The third-order valence-corrected chi connectivity index (χ3v) is 19.1. The molecule has 0 fully saturated rings. The van der Waals surface area contributed by atoms with Gasteiger partial charge < -0.3 is 0 Å². The average molecular weight is 1010 g/mol. The molecule has 9 aromatic rings. The maximum atomic E-state index is 2.70. The molecular formula is C78H72. The number of hydrogen-bond acceptors (Lipinski definition) is 0. The van der Waals surface area contributed by atoms with Gasteiger partial charge in [0.25, 0.3) is 0 Å². The van der Waals surface area contributed by atoms with E-state index in [1.165, 1.54) is 107 Å². The maximum absolute atomic E-state index is 2.70. The van der Waals surface area contributed by atoms with Crippen LogP contribution in [0.25, 0.3) is 45.6 Å². The lowest BCUT2D eigenvalue weighted by atomic mass is 9.65. The van der Waals surface area contributed by atoms with E-state index in [9.17, 15) is 0 Å². The Balaban J connectivity index is 1.03. The minimum Gasteiger partial charge on any atom is -0.0622 e. The summed E-state index contributed by atoms with van der Waals surface area (Å²) in [5, 5.41) is 0. The van der Waals surface area contributed by atoms with Crippen LogP contribution >= 0.6 is 0 Å². The summed E-state index contributed by atoms with van der Waals surface area (Å²) in [7, 11) is 0. The smallest absolute Gasteiger partial charge is 0.00491 e. The summed E-state index contributed by atoms with van der Waals surface area (Å²) in [5.41, 5.74) is 36.7. The van der Waals surface area contributed by atoms with E-state index in [1.54, 1.807) is 77.9 Å². The zero-order valence-electron chi connectivity index (χ0n) is 45.5. The van der Waals surface area contributed by atoms with Crippen molar-refractivity contribution >= 4 is 23.3 Å². The van der Waals surface area contributed by atoms with Crippen LogP contribution in [-0.4, -0.2) is 0 Å². The van der Waals surface area contributed by atoms with Gasteiger partial charge in [-0.1, -0.05) is 194 Å². The summed E-state index contributed by atoms with van der Waals surface area (Å²) in [5.74, 6) is 0.737. The normalized spacial score (nSPS) is 17.3. The summed E-state index contributed by atoms with van der Waals surface area (Å²) in [6.45, 7) is 0. The molecule has 2 unspecified atom stereocenters. The maximum Gasteiger partial charge on any atom is -0.00491 e. The second kappa shape index (κ2) is 21.7. The van der Waals surface area contributed by atoms with Crippen LogP contribution in [0.2, 0.25) is 0 Å². The molecule has 5 aliphatic rings. The second-order valence-corrected chi connectivity index (χ2v) is 23.4. The Morgan fingerprint density at radius 1 is 0.256 bits per heavy atom. The highest BCUT2D eigenvalue weighted by Crippen LogP contribution is 2.54. The van der Waals surface area contributed by atoms with E-state index < -0.39 is 0 Å². The highest BCUT2D eigenvalue weighted by atomic mass is 14.4. The molecular weight excluding hydrogens is 937 g/mol. The fraction of sp³-hybridized carbons (Fsp3) is 0.256. The molecule has 0 bridgehead atoms. The van der Waals surface area contributed by atoms with Crippen molar-refractivity contribution in [1.29, 1.82) is 0 Å². The lowest BCUT2D eigenvalue weighted by molar-refractivity contribution is 0.502. The van der Waals surface area contributed by atoms with Gasteiger partial charge in [0.15, 0.2) is 0 Å². The molecule has 0 heterocycles. The Hall–Kier alpha value is -7.54. The number of rotatable bonds is 10. The first-order valence-corrected chi connectivity index (χ1v) is 30.0. The van der Waals surface area contributed by atoms with Gasteiger partial charge in [-0.15, -0.1) is 0 Å². The SMILES string of the molecule is C(=C(c1ccccc1)c1ccccc1)c1c2c(c(-c3ccc(-c4c5c(c(C=C(c6ccccc6)c6ccccc6)c6c4CCCC6)CCCC5)c4c3CC(c3ccccc3)C(c3ccccc3)C4)c3c1CCCC3)CCCC2. The molecule has 0 N–H and O–H groups in total. The van der Waals surface area contributed by atoms with Crippen LogP contribution in [0.1, 0.15) is 163 Å². The van der Waals surface area contributed by atoms with E-state index in [2.05, 4.69) is 206 Å². The van der Waals surface area contributed by atoms with Crippen molar-refractivity contribution in [2.45, 2.75) is 127 Å². The van der Waals surface area contributed by atoms with Gasteiger partial charge >= 0.3 is 0 Å². The number of fused-ring (bicyclic) bond motifs is 5. The Labute approximate surface area is 464 Å². The van der Waals surface area contributed by atoms with Crippen LogP contribution in [-0.2, 0) is 64.2 Å². The Morgan fingerprint density at radius 2 is 0.500 bits per heavy atom. The molecule has 0 spiro atoms. The highest BCUT2D eigenvalue weighted by Gasteiger charge is 2.38. The predicted octanol–water partition coefficient (Wildman–Crippen LogP) is 19.4. The second-order valence-electron chi connectivity index (χ2n) is 23.4. The lowest BCUT2D eigenvalue weighted by Crippen LogP contribution is -2.25. The molecule has 5 aliphatic carbocycles. The predicted molar refractivity (Wildman–Crippen MR) is 329 cm³/mol. The molecule has 0 amide bonds. The van der Waals surface area contributed by atoms with E-state index in [0.717, 1.165) is 64.2 Å². The lowest BCUT2D eigenvalue weighted by Gasteiger charge is -2.39. The molecule has 2 atom stereocenters. The molecule has 0 saturated heterocycles. The zero-order valence-corrected chi connectivity index (χ0v) is 45.5. The Morgan fingerprint density at radius 3 is 0.769 bits per heavy atom. The molecule has 0 radical (unpaired) electrons. The first kappa shape index (κ1) is 48.8. The van der Waals surface area contributed by atoms with Crippen LogP contribution < -0.4 is 0 Å². The molecule has 0 saturated carbocycles. The summed E-state index contributed by atoms with van der Waals surface area (Å²) in [6, 6.07) is 73.6. The van der Waals surface area contributed by atoms with Gasteiger partial charge in [-0.05, 0) is 273 Å². The van der Waals surface area contributed by atoms with Crippen molar-refractivity contribution < 1.29 is 0 Å². The van der Waals surface area contributed by atoms with Gasteiger partial charge in [0.2, 0.25) is 0 Å². The minimum absolute atomic E-state index is 0.369. The molecule has 14 rings (SSSR count). The fourth-order valence-corrected chi connectivity index (χ4v) is 15.5. The average Bonchev–Trinajstić information content (AvgIpc) is 3.54. The van der Waals surface area contributed by atoms with Crippen molar-refractivity contribution in [1.82, 2.24) is 0 Å². The third kappa shape index (κ3) is 9.06. The molecule has 78 heavy (non-hydrogen) atoms. The van der Waals surface area contributed by atoms with Crippen LogP contribution in [0.3, 0.4) is 0 Å². The number of benzene rings is 9. The Bertz CT molecular complexity index is 3290. The third-order valence-electron chi connectivity index (χ3n) is 19.1.